The minimum atomic E-state index is -3.32. The molecule has 0 unspecified atom stereocenters. The lowest BCUT2D eigenvalue weighted by Gasteiger charge is -2.31. The molecule has 1 aliphatic carbocycles. The van der Waals surface area contributed by atoms with E-state index in [1.54, 1.807) is 16.9 Å². The second-order valence-electron chi connectivity index (χ2n) is 5.53. The lowest BCUT2D eigenvalue weighted by atomic mass is 10.2. The highest BCUT2D eigenvalue weighted by atomic mass is 32.2. The van der Waals surface area contributed by atoms with Gasteiger partial charge in [0.25, 0.3) is 0 Å². The maximum Gasteiger partial charge on any atom is 0.246 e. The fourth-order valence-electron chi connectivity index (χ4n) is 2.39. The number of fused-ring (bicyclic) bond motifs is 1. The van der Waals surface area contributed by atoms with E-state index in [0.717, 1.165) is 24.8 Å². The van der Waals surface area contributed by atoms with E-state index in [1.165, 1.54) is 4.31 Å². The van der Waals surface area contributed by atoms with Crippen molar-refractivity contribution in [3.05, 3.63) is 18.0 Å². The summed E-state index contributed by atoms with van der Waals surface area (Å²) < 4.78 is 26.4. The van der Waals surface area contributed by atoms with Gasteiger partial charge >= 0.3 is 0 Å². The molecule has 2 heterocycles. The Kier molecular flexibility index (Phi) is 3.29. The molecular weight excluding hydrogens is 280 g/mol. The molecule has 1 saturated carbocycles. The van der Waals surface area contributed by atoms with Gasteiger partial charge in [0, 0.05) is 19.3 Å². The van der Waals surface area contributed by atoms with E-state index < -0.39 is 16.1 Å². The Bertz CT molecular complexity index is 620. The molecule has 1 aromatic heterocycles. The van der Waals surface area contributed by atoms with Gasteiger partial charge in [0.1, 0.15) is 6.04 Å². The summed E-state index contributed by atoms with van der Waals surface area (Å²) in [6.45, 7) is 1.08. The molecule has 0 radical (unpaired) electrons. The van der Waals surface area contributed by atoms with Crippen LogP contribution in [0.2, 0.25) is 0 Å². The second kappa shape index (κ2) is 4.85. The molecule has 110 valence electrons. The highest BCUT2D eigenvalue weighted by Crippen LogP contribution is 2.28. The predicted octanol–water partition coefficient (Wildman–Crippen LogP) is -0.274. The molecule has 7 nitrogen and oxygen atoms in total. The maximum absolute atomic E-state index is 12.3. The molecule has 8 heteroatoms. The molecule has 1 N–H and O–H groups in total. The summed E-state index contributed by atoms with van der Waals surface area (Å²) in [5.41, 5.74) is 0.744. The third-order valence-electron chi connectivity index (χ3n) is 3.80. The number of hydrogen-bond donors (Lipinski definition) is 1. The number of carbonyl (C=O) groups excluding carboxylic acids is 1. The zero-order chi connectivity index (χ0) is 14.3. The van der Waals surface area contributed by atoms with E-state index in [4.69, 9.17) is 0 Å². The lowest BCUT2D eigenvalue weighted by molar-refractivity contribution is -0.125. The van der Waals surface area contributed by atoms with Crippen LogP contribution in [0, 0.1) is 5.92 Å². The van der Waals surface area contributed by atoms with Crippen LogP contribution in [0.15, 0.2) is 12.3 Å². The van der Waals surface area contributed by atoms with E-state index in [-0.39, 0.29) is 19.0 Å². The Balaban J connectivity index is 1.79. The van der Waals surface area contributed by atoms with Gasteiger partial charge in [0.2, 0.25) is 15.9 Å². The monoisotopic (exact) mass is 298 g/mol. The third-order valence-corrected chi connectivity index (χ3v) is 5.01. The second-order valence-corrected chi connectivity index (χ2v) is 7.51. The highest BCUT2D eigenvalue weighted by molar-refractivity contribution is 7.88. The fourth-order valence-corrected chi connectivity index (χ4v) is 3.17. The van der Waals surface area contributed by atoms with Crippen molar-refractivity contribution in [2.24, 2.45) is 5.92 Å². The minimum absolute atomic E-state index is 0.143. The van der Waals surface area contributed by atoms with Crippen molar-refractivity contribution >= 4 is 15.9 Å². The van der Waals surface area contributed by atoms with Crippen LogP contribution in [0.4, 0.5) is 0 Å². The number of sulfonamides is 1. The maximum atomic E-state index is 12.3. The molecule has 3 rings (SSSR count). The van der Waals surface area contributed by atoms with Crippen molar-refractivity contribution in [2.45, 2.75) is 25.4 Å². The minimum Gasteiger partial charge on any atom is -0.354 e. The fraction of sp³-hybridized carbons (Fsp3) is 0.667. The van der Waals surface area contributed by atoms with E-state index in [9.17, 15) is 13.2 Å². The Morgan fingerprint density at radius 3 is 2.90 bits per heavy atom. The first-order chi connectivity index (χ1) is 9.45. The van der Waals surface area contributed by atoms with Crippen LogP contribution in [0.3, 0.4) is 0 Å². The number of nitrogens with one attached hydrogen (secondary N) is 1. The van der Waals surface area contributed by atoms with Crippen LogP contribution in [-0.2, 0) is 21.4 Å². The van der Waals surface area contributed by atoms with E-state index in [2.05, 4.69) is 10.4 Å². The molecule has 0 spiro atoms. The van der Waals surface area contributed by atoms with Gasteiger partial charge in [-0.3, -0.25) is 9.48 Å². The van der Waals surface area contributed by atoms with Gasteiger partial charge < -0.3 is 5.32 Å². The Morgan fingerprint density at radius 2 is 2.25 bits per heavy atom. The standard InChI is InChI=1S/C12H18N4O3S/c1-20(18,19)15-7-10-4-5-14-16(10)11(8-15)12(17)13-6-9-2-3-9/h4-5,9,11H,2-3,6-8H2,1H3,(H,13,17)/t11-/m0/s1. The molecule has 1 amide bonds. The zero-order valence-electron chi connectivity index (χ0n) is 11.3. The van der Waals surface area contributed by atoms with Gasteiger partial charge in [-0.25, -0.2) is 8.42 Å². The van der Waals surface area contributed by atoms with Crippen molar-refractivity contribution in [3.63, 3.8) is 0 Å². The summed E-state index contributed by atoms with van der Waals surface area (Å²) in [5, 5.41) is 7.05. The topological polar surface area (TPSA) is 84.3 Å². The van der Waals surface area contributed by atoms with Gasteiger partial charge in [-0.1, -0.05) is 0 Å². The summed E-state index contributed by atoms with van der Waals surface area (Å²) in [6.07, 6.45) is 5.08. The summed E-state index contributed by atoms with van der Waals surface area (Å²) in [4.78, 5) is 12.3. The van der Waals surface area contributed by atoms with Crippen LogP contribution in [-0.4, -0.2) is 47.8 Å². The van der Waals surface area contributed by atoms with E-state index >= 15 is 0 Å². The average Bonchev–Trinajstić information content (AvgIpc) is 3.09. The molecule has 1 aliphatic heterocycles. The average molecular weight is 298 g/mol. The smallest absolute Gasteiger partial charge is 0.246 e. The molecule has 20 heavy (non-hydrogen) atoms. The Morgan fingerprint density at radius 1 is 1.50 bits per heavy atom. The van der Waals surface area contributed by atoms with E-state index in [0.29, 0.717) is 12.5 Å². The summed E-state index contributed by atoms with van der Waals surface area (Å²) in [7, 11) is -3.32. The number of rotatable bonds is 4. The number of amides is 1. The molecule has 2 aliphatic rings. The SMILES string of the molecule is CS(=O)(=O)N1Cc2ccnn2[C@H](C(=O)NCC2CC2)C1. The largest absolute Gasteiger partial charge is 0.354 e. The predicted molar refractivity (Wildman–Crippen MR) is 72.3 cm³/mol. The van der Waals surface area contributed by atoms with E-state index in [1.807, 2.05) is 0 Å². The highest BCUT2D eigenvalue weighted by Gasteiger charge is 2.35. The molecule has 0 saturated heterocycles. The first-order valence-corrected chi connectivity index (χ1v) is 8.55. The van der Waals surface area contributed by atoms with Crippen LogP contribution in [0.25, 0.3) is 0 Å². The van der Waals surface area contributed by atoms with Gasteiger partial charge in [-0.05, 0) is 24.8 Å². The van der Waals surface area contributed by atoms with Gasteiger partial charge in [-0.2, -0.15) is 9.40 Å². The van der Waals surface area contributed by atoms with Crippen LogP contribution in [0.5, 0.6) is 0 Å². The van der Waals surface area contributed by atoms with Crippen molar-refractivity contribution < 1.29 is 13.2 Å². The molecular formula is C12H18N4O3S. The molecule has 1 fully saturated rings. The van der Waals surface area contributed by atoms with Crippen LogP contribution in [0.1, 0.15) is 24.6 Å². The third kappa shape index (κ3) is 2.71. The summed E-state index contributed by atoms with van der Waals surface area (Å²) in [5.74, 6) is 0.431. The lowest BCUT2D eigenvalue weighted by Crippen LogP contribution is -2.47. The number of hydrogen-bond acceptors (Lipinski definition) is 4. The quantitative estimate of drug-likeness (QED) is 0.829. The number of nitrogens with zero attached hydrogens (tertiary/aromatic N) is 3. The van der Waals surface area contributed by atoms with Crippen LogP contribution < -0.4 is 5.32 Å². The zero-order valence-corrected chi connectivity index (χ0v) is 12.1. The van der Waals surface area contributed by atoms with Gasteiger partial charge in [0.15, 0.2) is 0 Å². The van der Waals surface area contributed by atoms with Crippen LogP contribution >= 0.6 is 0 Å². The molecule has 1 aromatic rings. The summed E-state index contributed by atoms with van der Waals surface area (Å²) >= 11 is 0. The van der Waals surface area contributed by atoms with Crippen molar-refractivity contribution in [2.75, 3.05) is 19.3 Å². The molecule has 0 bridgehead atoms. The van der Waals surface area contributed by atoms with Crippen molar-refractivity contribution in [1.29, 1.82) is 0 Å². The first-order valence-electron chi connectivity index (χ1n) is 6.70. The number of aromatic nitrogens is 2. The Hall–Kier alpha value is -1.41. The van der Waals surface area contributed by atoms with Crippen molar-refractivity contribution in [3.8, 4) is 0 Å². The number of carbonyl (C=O) groups is 1. The molecule has 0 aromatic carbocycles. The molecule has 1 atom stereocenters. The summed E-state index contributed by atoms with van der Waals surface area (Å²) in [6, 6.07) is 1.17. The first kappa shape index (κ1) is 13.6. The Labute approximate surface area is 118 Å². The van der Waals surface area contributed by atoms with Gasteiger partial charge in [0.05, 0.1) is 18.5 Å². The normalized spacial score (nSPS) is 23.4. The van der Waals surface area contributed by atoms with Gasteiger partial charge in [-0.15, -0.1) is 0 Å². The van der Waals surface area contributed by atoms with Crippen molar-refractivity contribution in [1.82, 2.24) is 19.4 Å².